The van der Waals surface area contributed by atoms with Gasteiger partial charge in [-0.2, -0.15) is 0 Å². The molecule has 0 atom stereocenters. The molecule has 2 rings (SSSR count). The van der Waals surface area contributed by atoms with Crippen LogP contribution in [-0.4, -0.2) is 15.1 Å². The van der Waals surface area contributed by atoms with Crippen molar-refractivity contribution >= 4 is 17.6 Å². The van der Waals surface area contributed by atoms with Crippen molar-refractivity contribution in [3.63, 3.8) is 0 Å². The molecule has 8 heteroatoms. The molecule has 0 saturated heterocycles. The number of halogens is 2. The van der Waals surface area contributed by atoms with E-state index in [0.29, 0.717) is 0 Å². The quantitative estimate of drug-likeness (QED) is 0.796. The lowest BCUT2D eigenvalue weighted by molar-refractivity contribution is 0.0457. The molecule has 116 valence electrons. The van der Waals surface area contributed by atoms with Crippen LogP contribution in [0.2, 0.25) is 5.02 Å². The lowest BCUT2D eigenvalue weighted by atomic mass is 10.2. The molecule has 0 bridgehead atoms. The van der Waals surface area contributed by atoms with Crippen LogP contribution in [-0.2, 0) is 25.4 Å². The first-order valence-corrected chi connectivity index (χ1v) is 6.57. The number of aromatic nitrogens is 2. The zero-order valence-corrected chi connectivity index (χ0v) is 12.6. The third-order valence-electron chi connectivity index (χ3n) is 3.12. The molecule has 22 heavy (non-hydrogen) atoms. The Hall–Kier alpha value is -2.41. The minimum Gasteiger partial charge on any atom is -0.456 e. The Morgan fingerprint density at radius 3 is 2.59 bits per heavy atom. The van der Waals surface area contributed by atoms with E-state index in [2.05, 4.69) is 0 Å². The van der Waals surface area contributed by atoms with Gasteiger partial charge in [-0.1, -0.05) is 11.6 Å². The van der Waals surface area contributed by atoms with E-state index < -0.39 is 23.0 Å². The fourth-order valence-electron chi connectivity index (χ4n) is 1.79. The van der Waals surface area contributed by atoms with E-state index in [-0.39, 0.29) is 22.9 Å². The van der Waals surface area contributed by atoms with Crippen LogP contribution >= 0.6 is 11.6 Å². The smallest absolute Gasteiger partial charge is 0.341 e. The Labute approximate surface area is 129 Å². The van der Waals surface area contributed by atoms with Crippen LogP contribution in [0.15, 0.2) is 33.9 Å². The zero-order valence-electron chi connectivity index (χ0n) is 11.8. The van der Waals surface area contributed by atoms with Gasteiger partial charge in [0.2, 0.25) is 0 Å². The van der Waals surface area contributed by atoms with Crippen molar-refractivity contribution in [3.8, 4) is 0 Å². The fraction of sp³-hybridized carbons (Fsp3) is 0.214. The molecule has 0 N–H and O–H groups in total. The minimum absolute atomic E-state index is 0.189. The summed E-state index contributed by atoms with van der Waals surface area (Å²) in [5.41, 5.74) is -1.19. The number of hydrogen-bond acceptors (Lipinski definition) is 4. The molecule has 0 fully saturated rings. The van der Waals surface area contributed by atoms with E-state index in [9.17, 15) is 18.8 Å². The van der Waals surface area contributed by atoms with Crippen molar-refractivity contribution in [1.29, 1.82) is 0 Å². The van der Waals surface area contributed by atoms with Crippen LogP contribution in [0.25, 0.3) is 0 Å². The molecule has 0 aliphatic rings. The summed E-state index contributed by atoms with van der Waals surface area (Å²) >= 11 is 5.70. The van der Waals surface area contributed by atoms with Gasteiger partial charge in [0.1, 0.15) is 12.4 Å². The topological polar surface area (TPSA) is 70.3 Å². The Kier molecular flexibility index (Phi) is 4.46. The highest BCUT2D eigenvalue weighted by Crippen LogP contribution is 2.16. The summed E-state index contributed by atoms with van der Waals surface area (Å²) < 4.78 is 20.6. The Morgan fingerprint density at radius 1 is 1.23 bits per heavy atom. The second kappa shape index (κ2) is 6.15. The van der Waals surface area contributed by atoms with Gasteiger partial charge in [0.05, 0.1) is 11.3 Å². The monoisotopic (exact) mass is 326 g/mol. The number of carbonyl (C=O) groups excluding carboxylic acids is 1. The van der Waals surface area contributed by atoms with Crippen LogP contribution in [0.3, 0.4) is 0 Å². The van der Waals surface area contributed by atoms with E-state index in [1.54, 1.807) is 0 Å². The molecule has 0 amide bonds. The third kappa shape index (κ3) is 3.09. The van der Waals surface area contributed by atoms with E-state index in [0.717, 1.165) is 16.7 Å². The highest BCUT2D eigenvalue weighted by Gasteiger charge is 2.15. The average molecular weight is 327 g/mol. The summed E-state index contributed by atoms with van der Waals surface area (Å²) in [7, 11) is 2.77. The van der Waals surface area contributed by atoms with Crippen LogP contribution in [0.5, 0.6) is 0 Å². The predicted octanol–water partition coefficient (Wildman–Crippen LogP) is 1.23. The molecule has 1 aromatic carbocycles. The van der Waals surface area contributed by atoms with Crippen LogP contribution in [0.4, 0.5) is 4.39 Å². The second-order valence-electron chi connectivity index (χ2n) is 4.57. The molecule has 0 saturated carbocycles. The summed E-state index contributed by atoms with van der Waals surface area (Å²) in [5.74, 6) is -1.71. The lowest BCUT2D eigenvalue weighted by Gasteiger charge is -2.10. The number of nitrogens with zero attached hydrogens (tertiary/aromatic N) is 2. The van der Waals surface area contributed by atoms with E-state index in [1.165, 1.54) is 30.8 Å². The summed E-state index contributed by atoms with van der Waals surface area (Å²) in [6.45, 7) is -0.341. The normalized spacial score (nSPS) is 10.5. The summed E-state index contributed by atoms with van der Waals surface area (Å²) in [6.07, 6.45) is 0. The zero-order chi connectivity index (χ0) is 16.4. The maximum absolute atomic E-state index is 13.5. The van der Waals surface area contributed by atoms with Crippen LogP contribution in [0, 0.1) is 5.82 Å². The molecule has 0 aliphatic carbocycles. The second-order valence-corrected chi connectivity index (χ2v) is 5.01. The molecular weight excluding hydrogens is 315 g/mol. The molecule has 0 radical (unpaired) electrons. The lowest BCUT2D eigenvalue weighted by Crippen LogP contribution is -2.38. The molecule has 2 aromatic rings. The number of benzene rings is 1. The van der Waals surface area contributed by atoms with Crippen LogP contribution in [0.1, 0.15) is 16.1 Å². The summed E-state index contributed by atoms with van der Waals surface area (Å²) in [4.78, 5) is 35.1. The molecular formula is C14H12ClFN2O4. The third-order valence-corrected chi connectivity index (χ3v) is 3.36. The first kappa shape index (κ1) is 16.0. The molecule has 0 spiro atoms. The highest BCUT2D eigenvalue weighted by molar-refractivity contribution is 6.30. The Bertz CT molecular complexity index is 857. The van der Waals surface area contributed by atoms with Gasteiger partial charge in [0, 0.05) is 25.2 Å². The van der Waals surface area contributed by atoms with Crippen molar-refractivity contribution in [2.24, 2.45) is 14.1 Å². The largest absolute Gasteiger partial charge is 0.456 e. The van der Waals surface area contributed by atoms with Crippen molar-refractivity contribution in [1.82, 2.24) is 9.13 Å². The van der Waals surface area contributed by atoms with Gasteiger partial charge in [0.25, 0.3) is 5.56 Å². The average Bonchev–Trinajstić information content (AvgIpc) is 2.49. The molecule has 1 aromatic heterocycles. The van der Waals surface area contributed by atoms with Gasteiger partial charge in [-0.15, -0.1) is 0 Å². The number of hydrogen-bond donors (Lipinski definition) is 0. The van der Waals surface area contributed by atoms with Gasteiger partial charge in [-0.05, 0) is 18.2 Å². The molecule has 1 heterocycles. The molecule has 0 aliphatic heterocycles. The van der Waals surface area contributed by atoms with Gasteiger partial charge < -0.3 is 4.74 Å². The summed E-state index contributed by atoms with van der Waals surface area (Å²) in [6, 6.07) is 4.66. The van der Waals surface area contributed by atoms with Crippen molar-refractivity contribution in [2.45, 2.75) is 6.61 Å². The Morgan fingerprint density at radius 2 is 1.91 bits per heavy atom. The van der Waals surface area contributed by atoms with Gasteiger partial charge >= 0.3 is 11.7 Å². The predicted molar refractivity (Wildman–Crippen MR) is 77.5 cm³/mol. The Balaban J connectivity index is 2.24. The van der Waals surface area contributed by atoms with E-state index in [4.69, 9.17) is 16.3 Å². The summed E-state index contributed by atoms with van der Waals surface area (Å²) in [5, 5.41) is 0.189. The fourth-order valence-corrected chi connectivity index (χ4v) is 1.96. The standard InChI is InChI=1S/C14H12ClFN2O4/c1-17-9(6-12(19)18(2)14(17)21)7-22-13(20)10-5-8(15)3-4-11(10)16/h3-6H,7H2,1-2H3. The van der Waals surface area contributed by atoms with Gasteiger partial charge in [-0.3, -0.25) is 13.9 Å². The van der Waals surface area contributed by atoms with E-state index >= 15 is 0 Å². The SMILES string of the molecule is Cn1c(COC(=O)c2cc(Cl)ccc2F)cc(=O)n(C)c1=O. The molecule has 6 nitrogen and oxygen atoms in total. The van der Waals surface area contributed by atoms with Crippen molar-refractivity contribution in [2.75, 3.05) is 0 Å². The first-order chi connectivity index (χ1) is 10.3. The highest BCUT2D eigenvalue weighted by atomic mass is 35.5. The first-order valence-electron chi connectivity index (χ1n) is 6.19. The van der Waals surface area contributed by atoms with E-state index in [1.807, 2.05) is 0 Å². The van der Waals surface area contributed by atoms with Gasteiger partial charge in [-0.25, -0.2) is 14.0 Å². The minimum atomic E-state index is -0.937. The number of esters is 1. The van der Waals surface area contributed by atoms with Crippen molar-refractivity contribution in [3.05, 3.63) is 67.2 Å². The molecule has 0 unspecified atom stereocenters. The maximum Gasteiger partial charge on any atom is 0.341 e. The number of carbonyl (C=O) groups is 1. The van der Waals surface area contributed by atoms with Crippen LogP contribution < -0.4 is 11.2 Å². The van der Waals surface area contributed by atoms with Gasteiger partial charge in [0.15, 0.2) is 0 Å². The number of rotatable bonds is 3. The van der Waals surface area contributed by atoms with Crippen molar-refractivity contribution < 1.29 is 13.9 Å². The maximum atomic E-state index is 13.5. The number of ether oxygens (including phenoxy) is 1.